The van der Waals surface area contributed by atoms with Crippen molar-refractivity contribution < 1.29 is 0 Å². The van der Waals surface area contributed by atoms with Crippen LogP contribution < -0.4 is 0 Å². The molecule has 0 amide bonds. The van der Waals surface area contributed by atoms with Gasteiger partial charge in [0.05, 0.1) is 5.69 Å². The molecule has 1 heterocycles. The van der Waals surface area contributed by atoms with Crippen LogP contribution in [-0.2, 0) is 5.41 Å². The molecule has 30 heavy (non-hydrogen) atoms. The number of pyridine rings is 1. The third kappa shape index (κ3) is 4.67. The Labute approximate surface area is 179 Å². The molecule has 0 fully saturated rings. The van der Waals surface area contributed by atoms with E-state index < -0.39 is 0 Å². The first-order valence-corrected chi connectivity index (χ1v) is 10.2. The Morgan fingerprint density at radius 3 is 1.57 bits per heavy atom. The second kappa shape index (κ2) is 8.39. The highest BCUT2D eigenvalue weighted by molar-refractivity contribution is 5.69. The fourth-order valence-electron chi connectivity index (χ4n) is 3.31. The van der Waals surface area contributed by atoms with Crippen LogP contribution in [0.25, 0.3) is 22.4 Å². The maximum Gasteiger partial charge on any atom is 0.0701 e. The number of hydrogen-bond donors (Lipinski definition) is 0. The highest BCUT2D eigenvalue weighted by atomic mass is 14.7. The van der Waals surface area contributed by atoms with Crippen LogP contribution >= 0.6 is 0 Å². The van der Waals surface area contributed by atoms with Crippen LogP contribution in [0.3, 0.4) is 0 Å². The Balaban J connectivity index is 1.48. The summed E-state index contributed by atoms with van der Waals surface area (Å²) in [6.45, 7) is 6.67. The Kier molecular flexibility index (Phi) is 5.50. The molecule has 0 atom stereocenters. The van der Waals surface area contributed by atoms with Gasteiger partial charge in [0, 0.05) is 22.9 Å². The lowest BCUT2D eigenvalue weighted by molar-refractivity contribution is 0.590. The summed E-state index contributed by atoms with van der Waals surface area (Å²) in [5.74, 6) is 6.54. The smallest absolute Gasteiger partial charge is 0.0701 e. The molecule has 0 saturated heterocycles. The Morgan fingerprint density at radius 1 is 0.567 bits per heavy atom. The van der Waals surface area contributed by atoms with Crippen LogP contribution in [0, 0.1) is 11.8 Å². The van der Waals surface area contributed by atoms with Gasteiger partial charge in [0.15, 0.2) is 0 Å². The van der Waals surface area contributed by atoms with Crippen LogP contribution in [0.1, 0.15) is 37.5 Å². The first-order chi connectivity index (χ1) is 14.5. The van der Waals surface area contributed by atoms with Crippen molar-refractivity contribution in [2.75, 3.05) is 0 Å². The molecule has 0 unspecified atom stereocenters. The lowest BCUT2D eigenvalue weighted by Gasteiger charge is -2.18. The molecule has 0 aliphatic heterocycles. The van der Waals surface area contributed by atoms with Gasteiger partial charge in [-0.1, -0.05) is 87.2 Å². The maximum absolute atomic E-state index is 4.41. The van der Waals surface area contributed by atoms with Gasteiger partial charge in [-0.25, -0.2) is 0 Å². The largest absolute Gasteiger partial charge is 0.256 e. The molecule has 0 spiro atoms. The normalized spacial score (nSPS) is 10.9. The predicted octanol–water partition coefficient (Wildman–Crippen LogP) is 7.11. The standard InChI is InChI=1S/C29H25N/c1-29(2,3)27-19-11-23(12-20-27)8-7-22-9-13-24(14-10-22)25-15-17-26(18-16-25)28-6-4-5-21-30-28/h4-6,9-21H,1-3H3. The molecule has 4 rings (SSSR count). The molecule has 0 bridgehead atoms. The quantitative estimate of drug-likeness (QED) is 0.334. The average Bonchev–Trinajstić information content (AvgIpc) is 2.78. The summed E-state index contributed by atoms with van der Waals surface area (Å²) in [7, 11) is 0. The summed E-state index contributed by atoms with van der Waals surface area (Å²) in [5.41, 5.74) is 8.03. The maximum atomic E-state index is 4.41. The summed E-state index contributed by atoms with van der Waals surface area (Å²) < 4.78 is 0. The average molecular weight is 388 g/mol. The van der Waals surface area contributed by atoms with Crippen molar-refractivity contribution in [1.82, 2.24) is 4.98 Å². The topological polar surface area (TPSA) is 12.9 Å². The molecule has 0 radical (unpaired) electrons. The minimum Gasteiger partial charge on any atom is -0.256 e. The third-order valence-corrected chi connectivity index (χ3v) is 5.17. The van der Waals surface area contributed by atoms with Crippen molar-refractivity contribution in [3.05, 3.63) is 114 Å². The molecule has 1 nitrogen and oxygen atoms in total. The lowest BCUT2D eigenvalue weighted by atomic mass is 9.87. The van der Waals surface area contributed by atoms with E-state index in [-0.39, 0.29) is 5.41 Å². The van der Waals surface area contributed by atoms with Crippen LogP contribution in [0.2, 0.25) is 0 Å². The molecular formula is C29H25N. The van der Waals surface area contributed by atoms with Crippen molar-refractivity contribution >= 4 is 0 Å². The van der Waals surface area contributed by atoms with Gasteiger partial charge in [-0.05, 0) is 58.5 Å². The fourth-order valence-corrected chi connectivity index (χ4v) is 3.31. The number of hydrogen-bond acceptors (Lipinski definition) is 1. The SMILES string of the molecule is CC(C)(C)c1ccc(C#Cc2ccc(-c3ccc(-c4ccccn4)cc3)cc2)cc1. The van der Waals surface area contributed by atoms with E-state index >= 15 is 0 Å². The zero-order valence-corrected chi connectivity index (χ0v) is 17.7. The molecule has 146 valence electrons. The number of rotatable bonds is 2. The van der Waals surface area contributed by atoms with Gasteiger partial charge in [-0.15, -0.1) is 0 Å². The van der Waals surface area contributed by atoms with Gasteiger partial charge < -0.3 is 0 Å². The highest BCUT2D eigenvalue weighted by Crippen LogP contribution is 2.24. The fraction of sp³-hybridized carbons (Fsp3) is 0.138. The first kappa shape index (κ1) is 19.7. The van der Waals surface area contributed by atoms with Crippen molar-refractivity contribution in [3.63, 3.8) is 0 Å². The monoisotopic (exact) mass is 387 g/mol. The second-order valence-corrected chi connectivity index (χ2v) is 8.45. The first-order valence-electron chi connectivity index (χ1n) is 10.2. The highest BCUT2D eigenvalue weighted by Gasteiger charge is 2.12. The Morgan fingerprint density at radius 2 is 1.07 bits per heavy atom. The van der Waals surface area contributed by atoms with Gasteiger partial charge in [0.2, 0.25) is 0 Å². The van der Waals surface area contributed by atoms with Crippen molar-refractivity contribution in [2.45, 2.75) is 26.2 Å². The van der Waals surface area contributed by atoms with E-state index in [1.807, 2.05) is 24.4 Å². The molecule has 1 aromatic heterocycles. The molecule has 0 aliphatic rings. The summed E-state index contributed by atoms with van der Waals surface area (Å²) in [5, 5.41) is 0. The van der Waals surface area contributed by atoms with Crippen LogP contribution in [0.4, 0.5) is 0 Å². The summed E-state index contributed by atoms with van der Waals surface area (Å²) in [4.78, 5) is 4.41. The van der Waals surface area contributed by atoms with E-state index in [1.165, 1.54) is 16.7 Å². The molecule has 0 aliphatic carbocycles. The van der Waals surface area contributed by atoms with Gasteiger partial charge in [0.25, 0.3) is 0 Å². The van der Waals surface area contributed by atoms with E-state index in [1.54, 1.807) is 0 Å². The van der Waals surface area contributed by atoms with Crippen molar-refractivity contribution in [1.29, 1.82) is 0 Å². The zero-order valence-electron chi connectivity index (χ0n) is 17.7. The van der Waals surface area contributed by atoms with E-state index in [2.05, 4.69) is 110 Å². The third-order valence-electron chi connectivity index (χ3n) is 5.17. The number of aromatic nitrogens is 1. The van der Waals surface area contributed by atoms with E-state index in [0.29, 0.717) is 0 Å². The molecule has 0 saturated carbocycles. The number of benzene rings is 3. The Bertz CT molecular complexity index is 1170. The minimum absolute atomic E-state index is 0.164. The van der Waals surface area contributed by atoms with Crippen LogP contribution in [0.5, 0.6) is 0 Å². The Hall–Kier alpha value is -3.63. The van der Waals surface area contributed by atoms with Gasteiger partial charge in [0.1, 0.15) is 0 Å². The second-order valence-electron chi connectivity index (χ2n) is 8.45. The molecular weight excluding hydrogens is 362 g/mol. The summed E-state index contributed by atoms with van der Waals surface area (Å²) in [6, 6.07) is 31.4. The predicted molar refractivity (Wildman–Crippen MR) is 126 cm³/mol. The van der Waals surface area contributed by atoms with Crippen LogP contribution in [0.15, 0.2) is 97.2 Å². The van der Waals surface area contributed by atoms with Gasteiger partial charge in [-0.2, -0.15) is 0 Å². The zero-order chi connectivity index (χ0) is 21.0. The molecule has 1 heteroatoms. The van der Waals surface area contributed by atoms with Crippen LogP contribution in [-0.4, -0.2) is 4.98 Å². The van der Waals surface area contributed by atoms with Gasteiger partial charge >= 0.3 is 0 Å². The molecule has 3 aromatic carbocycles. The number of nitrogens with zero attached hydrogens (tertiary/aromatic N) is 1. The van der Waals surface area contributed by atoms with E-state index in [0.717, 1.165) is 22.4 Å². The van der Waals surface area contributed by atoms with E-state index in [4.69, 9.17) is 0 Å². The van der Waals surface area contributed by atoms with Crippen molar-refractivity contribution in [2.24, 2.45) is 0 Å². The summed E-state index contributed by atoms with van der Waals surface area (Å²) >= 11 is 0. The molecule has 4 aromatic rings. The molecule has 0 N–H and O–H groups in total. The minimum atomic E-state index is 0.164. The lowest BCUT2D eigenvalue weighted by Crippen LogP contribution is -2.10. The van der Waals surface area contributed by atoms with Crippen molar-refractivity contribution in [3.8, 4) is 34.2 Å². The summed E-state index contributed by atoms with van der Waals surface area (Å²) in [6.07, 6.45) is 1.82. The van der Waals surface area contributed by atoms with Gasteiger partial charge in [-0.3, -0.25) is 4.98 Å². The van der Waals surface area contributed by atoms with E-state index in [9.17, 15) is 0 Å².